The van der Waals surface area contributed by atoms with Crippen molar-refractivity contribution in [2.24, 2.45) is 0 Å². The van der Waals surface area contributed by atoms with Crippen LogP contribution in [-0.2, 0) is 17.6 Å². The first-order valence-corrected chi connectivity index (χ1v) is 13.2. The van der Waals surface area contributed by atoms with Crippen LogP contribution in [0.5, 0.6) is 11.5 Å². The van der Waals surface area contributed by atoms with Gasteiger partial charge in [-0.25, -0.2) is 4.98 Å². The molecule has 0 unspecified atom stereocenters. The quantitative estimate of drug-likeness (QED) is 0.261. The smallest absolute Gasteiger partial charge is 0.260 e. The molecule has 0 aliphatic heterocycles. The molecule has 2 aromatic heterocycles. The Kier molecular flexibility index (Phi) is 6.79. The number of aromatic nitrogens is 2. The third-order valence-electron chi connectivity index (χ3n) is 6.09. The minimum Gasteiger partial charge on any atom is -0.493 e. The van der Waals surface area contributed by atoms with Crippen molar-refractivity contribution in [1.82, 2.24) is 9.97 Å². The first-order valence-electron chi connectivity index (χ1n) is 11.3. The van der Waals surface area contributed by atoms with Gasteiger partial charge in [-0.3, -0.25) is 9.59 Å². The van der Waals surface area contributed by atoms with E-state index in [9.17, 15) is 9.59 Å². The summed E-state index contributed by atoms with van der Waals surface area (Å²) in [5.74, 6) is 1.000. The minimum atomic E-state index is -0.217. The summed E-state index contributed by atoms with van der Waals surface area (Å²) in [5.41, 5.74) is 5.17. The molecule has 0 radical (unpaired) electrons. The fourth-order valence-electron chi connectivity index (χ4n) is 4.36. The van der Waals surface area contributed by atoms with E-state index in [1.165, 1.54) is 47.1 Å². The Bertz CT molecular complexity index is 1460. The zero-order chi connectivity index (χ0) is 24.4. The van der Waals surface area contributed by atoms with Crippen LogP contribution in [0, 0.1) is 0 Å². The Morgan fingerprint density at radius 2 is 1.89 bits per heavy atom. The number of aryl methyl sites for hydroxylation is 2. The monoisotopic (exact) mass is 507 g/mol. The number of benzene rings is 2. The van der Waals surface area contributed by atoms with Gasteiger partial charge in [0, 0.05) is 22.7 Å². The number of carbonyl (C=O) groups is 1. The summed E-state index contributed by atoms with van der Waals surface area (Å²) in [4.78, 5) is 33.6. The summed E-state index contributed by atoms with van der Waals surface area (Å²) in [7, 11) is 3.10. The lowest BCUT2D eigenvalue weighted by atomic mass is 9.89. The van der Waals surface area contributed by atoms with Crippen LogP contribution in [0.25, 0.3) is 21.3 Å². The van der Waals surface area contributed by atoms with E-state index in [4.69, 9.17) is 9.47 Å². The number of hydrogen-bond acceptors (Lipinski definition) is 7. The van der Waals surface area contributed by atoms with Crippen molar-refractivity contribution >= 4 is 44.9 Å². The van der Waals surface area contributed by atoms with Gasteiger partial charge in [-0.1, -0.05) is 30.0 Å². The standard InChI is InChI=1S/C26H25N3O4S2/c1-32-20-10-9-18(12-21(20)33-2)27-22(30)14-35-26-28-24(31)23-19(13-34-25(23)29-26)17-8-7-15-5-3-4-6-16(15)11-17/h7-13H,3-6,14H2,1-2H3,(H,27,30)(H,28,29,31). The van der Waals surface area contributed by atoms with Crippen LogP contribution in [0.3, 0.4) is 0 Å². The fraction of sp³-hybridized carbons (Fsp3) is 0.269. The average molecular weight is 508 g/mol. The highest BCUT2D eigenvalue weighted by atomic mass is 32.2. The fourth-order valence-corrected chi connectivity index (χ4v) is 6.02. The molecule has 1 aliphatic rings. The highest BCUT2D eigenvalue weighted by Gasteiger charge is 2.16. The summed E-state index contributed by atoms with van der Waals surface area (Å²) in [5, 5.41) is 5.85. The number of amides is 1. The number of aromatic amines is 1. The Morgan fingerprint density at radius 3 is 2.69 bits per heavy atom. The summed E-state index contributed by atoms with van der Waals surface area (Å²) < 4.78 is 10.5. The van der Waals surface area contributed by atoms with Crippen molar-refractivity contribution in [3.8, 4) is 22.6 Å². The molecule has 0 bridgehead atoms. The van der Waals surface area contributed by atoms with Gasteiger partial charge in [0.1, 0.15) is 4.83 Å². The van der Waals surface area contributed by atoms with Gasteiger partial charge in [-0.05, 0) is 54.5 Å². The van der Waals surface area contributed by atoms with Gasteiger partial charge in [0.15, 0.2) is 16.7 Å². The molecule has 7 nitrogen and oxygen atoms in total. The normalized spacial score (nSPS) is 12.9. The number of ether oxygens (including phenoxy) is 2. The Hall–Kier alpha value is -3.30. The lowest BCUT2D eigenvalue weighted by Crippen LogP contribution is -2.15. The maximum Gasteiger partial charge on any atom is 0.260 e. The van der Waals surface area contributed by atoms with Gasteiger partial charge in [-0.15, -0.1) is 11.3 Å². The average Bonchev–Trinajstić information content (AvgIpc) is 3.32. The van der Waals surface area contributed by atoms with Crippen molar-refractivity contribution in [3.05, 3.63) is 63.3 Å². The van der Waals surface area contributed by atoms with Crippen LogP contribution < -0.4 is 20.3 Å². The van der Waals surface area contributed by atoms with E-state index in [1.807, 2.05) is 5.38 Å². The number of carbonyl (C=O) groups excluding carboxylic acids is 1. The number of hydrogen-bond donors (Lipinski definition) is 2. The van der Waals surface area contributed by atoms with Crippen LogP contribution in [0.4, 0.5) is 5.69 Å². The van der Waals surface area contributed by atoms with Crippen molar-refractivity contribution in [2.75, 3.05) is 25.3 Å². The summed E-state index contributed by atoms with van der Waals surface area (Å²) in [6, 6.07) is 11.7. The van der Waals surface area contributed by atoms with Crippen LogP contribution >= 0.6 is 23.1 Å². The van der Waals surface area contributed by atoms with Gasteiger partial charge in [0.25, 0.3) is 5.56 Å². The lowest BCUT2D eigenvalue weighted by molar-refractivity contribution is -0.113. The first-order chi connectivity index (χ1) is 17.1. The Labute approximate surface area is 210 Å². The van der Waals surface area contributed by atoms with E-state index < -0.39 is 0 Å². The van der Waals surface area contributed by atoms with Crippen molar-refractivity contribution in [3.63, 3.8) is 0 Å². The molecule has 35 heavy (non-hydrogen) atoms. The maximum atomic E-state index is 13.0. The predicted molar refractivity (Wildman–Crippen MR) is 141 cm³/mol. The van der Waals surface area contributed by atoms with Gasteiger partial charge in [-0.2, -0.15) is 0 Å². The molecular weight excluding hydrogens is 482 g/mol. The second kappa shape index (κ2) is 10.1. The van der Waals surface area contributed by atoms with E-state index in [2.05, 4.69) is 33.5 Å². The van der Waals surface area contributed by atoms with Crippen LogP contribution in [0.1, 0.15) is 24.0 Å². The first kappa shape index (κ1) is 23.4. The number of thiophene rings is 1. The Morgan fingerprint density at radius 1 is 1.09 bits per heavy atom. The van der Waals surface area contributed by atoms with E-state index in [-0.39, 0.29) is 17.2 Å². The van der Waals surface area contributed by atoms with E-state index in [1.54, 1.807) is 32.4 Å². The largest absolute Gasteiger partial charge is 0.493 e. The molecule has 0 fully saturated rings. The number of thioether (sulfide) groups is 1. The molecule has 0 atom stereocenters. The molecule has 1 amide bonds. The molecular formula is C26H25N3O4S2. The number of nitrogens with one attached hydrogen (secondary N) is 2. The third kappa shape index (κ3) is 4.92. The molecule has 0 saturated heterocycles. The molecule has 0 spiro atoms. The van der Waals surface area contributed by atoms with Crippen molar-refractivity contribution < 1.29 is 14.3 Å². The second-order valence-electron chi connectivity index (χ2n) is 8.30. The van der Waals surface area contributed by atoms with Gasteiger partial charge in [0.2, 0.25) is 5.91 Å². The number of anilines is 1. The SMILES string of the molecule is COc1ccc(NC(=O)CSc2nc3scc(-c4ccc5c(c4)CCCC5)c3c(=O)[nH]2)cc1OC. The zero-order valence-corrected chi connectivity index (χ0v) is 21.1. The molecule has 2 heterocycles. The summed E-state index contributed by atoms with van der Waals surface area (Å²) in [6.07, 6.45) is 4.67. The molecule has 4 aromatic rings. The zero-order valence-electron chi connectivity index (χ0n) is 19.5. The molecule has 2 N–H and O–H groups in total. The Balaban J connectivity index is 1.31. The molecule has 2 aromatic carbocycles. The van der Waals surface area contributed by atoms with Crippen LogP contribution in [-0.4, -0.2) is 35.8 Å². The molecule has 9 heteroatoms. The highest BCUT2D eigenvalue weighted by molar-refractivity contribution is 7.99. The molecule has 0 saturated carbocycles. The summed E-state index contributed by atoms with van der Waals surface area (Å²) >= 11 is 2.64. The lowest BCUT2D eigenvalue weighted by Gasteiger charge is -2.16. The van der Waals surface area contributed by atoms with Gasteiger partial charge in [0.05, 0.1) is 25.4 Å². The number of methoxy groups -OCH3 is 2. The van der Waals surface area contributed by atoms with Gasteiger partial charge >= 0.3 is 0 Å². The number of H-pyrrole nitrogens is 1. The van der Waals surface area contributed by atoms with Crippen LogP contribution in [0.15, 0.2) is 51.7 Å². The molecule has 5 rings (SSSR count). The van der Waals surface area contributed by atoms with E-state index in [0.717, 1.165) is 24.0 Å². The number of nitrogens with zero attached hydrogens (tertiary/aromatic N) is 1. The summed E-state index contributed by atoms with van der Waals surface area (Å²) in [6.45, 7) is 0. The van der Waals surface area contributed by atoms with E-state index in [0.29, 0.717) is 32.6 Å². The molecule has 1 aliphatic carbocycles. The number of fused-ring (bicyclic) bond motifs is 2. The highest BCUT2D eigenvalue weighted by Crippen LogP contribution is 2.34. The molecule has 180 valence electrons. The topological polar surface area (TPSA) is 93.3 Å². The maximum absolute atomic E-state index is 13.0. The predicted octanol–water partition coefficient (Wildman–Crippen LogP) is 5.28. The third-order valence-corrected chi connectivity index (χ3v) is 7.83. The van der Waals surface area contributed by atoms with Crippen LogP contribution in [0.2, 0.25) is 0 Å². The second-order valence-corrected chi connectivity index (χ2v) is 10.1. The van der Waals surface area contributed by atoms with E-state index >= 15 is 0 Å². The minimum absolute atomic E-state index is 0.103. The number of rotatable bonds is 7. The van der Waals surface area contributed by atoms with Crippen molar-refractivity contribution in [2.45, 2.75) is 30.8 Å². The van der Waals surface area contributed by atoms with Gasteiger partial charge < -0.3 is 19.8 Å². The van der Waals surface area contributed by atoms with Crippen molar-refractivity contribution in [1.29, 1.82) is 0 Å².